The van der Waals surface area contributed by atoms with E-state index in [1.165, 1.54) is 9.80 Å². The first kappa shape index (κ1) is 24.0. The Morgan fingerprint density at radius 3 is 2.50 bits per heavy atom. The summed E-state index contributed by atoms with van der Waals surface area (Å²) in [6, 6.07) is 12.1. The molecule has 2 amide bonds. The zero-order valence-electron chi connectivity index (χ0n) is 20.6. The van der Waals surface area contributed by atoms with E-state index in [4.69, 9.17) is 9.47 Å². The number of carbonyl (C=O) groups excluding carboxylic acids is 3. The summed E-state index contributed by atoms with van der Waals surface area (Å²) in [5.74, 6) is -1.88. The number of nitrogens with zero attached hydrogens (tertiary/aromatic N) is 3. The monoisotopic (exact) mass is 491 g/mol. The summed E-state index contributed by atoms with van der Waals surface area (Å²) in [5, 5.41) is 11.5. The number of hydrogen-bond donors (Lipinski definition) is 1. The number of carbonyl (C=O) groups is 3. The number of morpholine rings is 1. The van der Waals surface area contributed by atoms with Crippen LogP contribution in [0.5, 0.6) is 5.75 Å². The summed E-state index contributed by atoms with van der Waals surface area (Å²) in [4.78, 5) is 46.1. The Balaban J connectivity index is 1.70. The molecule has 2 fully saturated rings. The van der Waals surface area contributed by atoms with E-state index in [0.717, 1.165) is 5.56 Å². The smallest absolute Gasteiger partial charge is 0.296 e. The predicted octanol–water partition coefficient (Wildman–Crippen LogP) is 1.89. The second-order valence-electron chi connectivity index (χ2n) is 9.24. The van der Waals surface area contributed by atoms with Gasteiger partial charge < -0.3 is 24.4 Å². The van der Waals surface area contributed by atoms with Crippen LogP contribution >= 0.6 is 0 Å². The molecular weight excluding hydrogens is 462 g/mol. The Labute approximate surface area is 209 Å². The van der Waals surface area contributed by atoms with Crippen LogP contribution in [-0.2, 0) is 24.7 Å². The van der Waals surface area contributed by atoms with Crippen molar-refractivity contribution in [3.63, 3.8) is 0 Å². The van der Waals surface area contributed by atoms with Crippen molar-refractivity contribution in [3.8, 4) is 5.75 Å². The SMILES string of the molecule is COc1ccc(C(O)=C2C(=O)C(=O)N(CCN3CCOCC3)[C@]23C(=O)N(C)c2ccccc23)cc1C. The molecule has 9 nitrogen and oxygen atoms in total. The van der Waals surface area contributed by atoms with Crippen molar-refractivity contribution in [2.24, 2.45) is 0 Å². The molecule has 9 heteroatoms. The Bertz CT molecular complexity index is 1280. The average molecular weight is 492 g/mol. The lowest BCUT2D eigenvalue weighted by atomic mass is 9.81. The van der Waals surface area contributed by atoms with E-state index < -0.39 is 23.1 Å². The molecule has 0 saturated carbocycles. The van der Waals surface area contributed by atoms with Crippen molar-refractivity contribution in [2.75, 3.05) is 58.5 Å². The number of fused-ring (bicyclic) bond motifs is 2. The molecule has 3 aliphatic rings. The predicted molar refractivity (Wildman–Crippen MR) is 133 cm³/mol. The Morgan fingerprint density at radius 1 is 1.08 bits per heavy atom. The van der Waals surface area contributed by atoms with Crippen LogP contribution in [0.4, 0.5) is 5.69 Å². The van der Waals surface area contributed by atoms with E-state index in [2.05, 4.69) is 4.90 Å². The number of ether oxygens (including phenoxy) is 2. The number of ketones is 1. The van der Waals surface area contributed by atoms with Gasteiger partial charge in [0.25, 0.3) is 17.6 Å². The quantitative estimate of drug-likeness (QED) is 0.387. The van der Waals surface area contributed by atoms with Gasteiger partial charge in [0.05, 0.1) is 25.9 Å². The number of rotatable bonds is 5. The van der Waals surface area contributed by atoms with Crippen LogP contribution in [0.3, 0.4) is 0 Å². The third-order valence-electron chi connectivity index (χ3n) is 7.35. The van der Waals surface area contributed by atoms with E-state index in [1.807, 2.05) is 6.92 Å². The first-order valence-corrected chi connectivity index (χ1v) is 11.9. The van der Waals surface area contributed by atoms with Gasteiger partial charge in [0.1, 0.15) is 11.5 Å². The van der Waals surface area contributed by atoms with Crippen molar-refractivity contribution < 1.29 is 29.0 Å². The molecule has 2 saturated heterocycles. The number of anilines is 1. The maximum Gasteiger partial charge on any atom is 0.296 e. The second-order valence-corrected chi connectivity index (χ2v) is 9.24. The number of Topliss-reactive ketones (excluding diaryl/α,β-unsaturated/α-hetero) is 1. The molecule has 0 radical (unpaired) electrons. The summed E-state index contributed by atoms with van der Waals surface area (Å²) in [5.41, 5.74) is 0.221. The Morgan fingerprint density at radius 2 is 1.81 bits per heavy atom. The molecule has 2 aromatic carbocycles. The average Bonchev–Trinajstić information content (AvgIpc) is 3.25. The van der Waals surface area contributed by atoms with Gasteiger partial charge in [-0.25, -0.2) is 0 Å². The molecule has 5 rings (SSSR count). The molecule has 188 valence electrons. The van der Waals surface area contributed by atoms with Gasteiger partial charge in [0.15, 0.2) is 5.54 Å². The van der Waals surface area contributed by atoms with Gasteiger partial charge >= 0.3 is 0 Å². The fraction of sp³-hybridized carbons (Fsp3) is 0.370. The van der Waals surface area contributed by atoms with E-state index in [1.54, 1.807) is 56.6 Å². The molecule has 3 aliphatic heterocycles. The Kier molecular flexibility index (Phi) is 6.05. The molecule has 0 bridgehead atoms. The van der Waals surface area contributed by atoms with E-state index in [0.29, 0.717) is 55.4 Å². The number of likely N-dealkylation sites (N-methyl/N-ethyl adjacent to an activating group) is 1. The molecule has 0 unspecified atom stereocenters. The molecule has 0 aliphatic carbocycles. The summed E-state index contributed by atoms with van der Waals surface area (Å²) >= 11 is 0. The second kappa shape index (κ2) is 9.07. The number of aryl methyl sites for hydroxylation is 1. The van der Waals surface area contributed by atoms with Crippen LogP contribution in [0.25, 0.3) is 5.76 Å². The van der Waals surface area contributed by atoms with E-state index >= 15 is 0 Å². The number of hydrogen-bond acceptors (Lipinski definition) is 7. The lowest BCUT2D eigenvalue weighted by Gasteiger charge is -2.36. The highest BCUT2D eigenvalue weighted by Gasteiger charge is 2.66. The summed E-state index contributed by atoms with van der Waals surface area (Å²) < 4.78 is 10.7. The van der Waals surface area contributed by atoms with Gasteiger partial charge in [-0.3, -0.25) is 19.3 Å². The lowest BCUT2D eigenvalue weighted by molar-refractivity contribution is -0.144. The molecule has 1 atom stereocenters. The minimum Gasteiger partial charge on any atom is -0.507 e. The van der Waals surface area contributed by atoms with Gasteiger partial charge in [-0.1, -0.05) is 18.2 Å². The van der Waals surface area contributed by atoms with Crippen LogP contribution in [0.1, 0.15) is 16.7 Å². The molecule has 3 heterocycles. The maximum absolute atomic E-state index is 14.0. The van der Waals surface area contributed by atoms with Gasteiger partial charge in [0.2, 0.25) is 0 Å². The lowest BCUT2D eigenvalue weighted by Crippen LogP contribution is -2.53. The number of amides is 2. The number of aliphatic hydroxyl groups excluding tert-OH is 1. The van der Waals surface area contributed by atoms with Crippen molar-refractivity contribution in [1.29, 1.82) is 0 Å². The maximum atomic E-state index is 14.0. The fourth-order valence-corrected chi connectivity index (χ4v) is 5.51. The van der Waals surface area contributed by atoms with Crippen molar-refractivity contribution in [2.45, 2.75) is 12.5 Å². The van der Waals surface area contributed by atoms with Crippen LogP contribution in [0.15, 0.2) is 48.0 Å². The standard InChI is InChI=1S/C27H29N3O6/c1-17-16-18(8-9-21(17)35-3)23(31)22-24(32)25(33)30(11-10-29-12-14-36-15-13-29)27(22)19-6-4-5-7-20(19)28(2)26(27)34/h4-9,16,31H,10-15H2,1-3H3/t27-/m0/s1. The summed E-state index contributed by atoms with van der Waals surface area (Å²) in [7, 11) is 3.17. The molecular formula is C27H29N3O6. The normalized spacial score (nSPS) is 23.6. The largest absolute Gasteiger partial charge is 0.507 e. The number of para-hydroxylation sites is 1. The van der Waals surface area contributed by atoms with Gasteiger partial charge in [-0.15, -0.1) is 0 Å². The van der Waals surface area contributed by atoms with Crippen LogP contribution in [0.2, 0.25) is 0 Å². The molecule has 0 aromatic heterocycles. The highest BCUT2D eigenvalue weighted by atomic mass is 16.5. The molecule has 1 spiro atoms. The highest BCUT2D eigenvalue weighted by Crippen LogP contribution is 2.53. The van der Waals surface area contributed by atoms with Crippen molar-refractivity contribution in [1.82, 2.24) is 9.80 Å². The van der Waals surface area contributed by atoms with Crippen LogP contribution in [-0.4, -0.2) is 86.1 Å². The molecule has 1 N–H and O–H groups in total. The summed E-state index contributed by atoms with van der Waals surface area (Å²) in [6.07, 6.45) is 0. The molecule has 2 aromatic rings. The minimum atomic E-state index is -1.75. The van der Waals surface area contributed by atoms with Gasteiger partial charge in [-0.05, 0) is 36.8 Å². The molecule has 36 heavy (non-hydrogen) atoms. The van der Waals surface area contributed by atoms with Crippen molar-refractivity contribution in [3.05, 3.63) is 64.7 Å². The zero-order chi connectivity index (χ0) is 25.6. The topological polar surface area (TPSA) is 99.6 Å². The third kappa shape index (κ3) is 3.42. The van der Waals surface area contributed by atoms with Crippen molar-refractivity contribution >= 4 is 29.0 Å². The van der Waals surface area contributed by atoms with Gasteiger partial charge in [0, 0.05) is 50.0 Å². The fourth-order valence-electron chi connectivity index (χ4n) is 5.51. The van der Waals surface area contributed by atoms with E-state index in [9.17, 15) is 19.5 Å². The number of aliphatic hydroxyl groups is 1. The Hall–Kier alpha value is -3.69. The minimum absolute atomic E-state index is 0.150. The number of likely N-dealkylation sites (tertiary alicyclic amines) is 1. The van der Waals surface area contributed by atoms with Crippen LogP contribution in [0, 0.1) is 6.92 Å². The highest BCUT2D eigenvalue weighted by molar-refractivity contribution is 6.50. The third-order valence-corrected chi connectivity index (χ3v) is 7.35. The first-order chi connectivity index (χ1) is 17.3. The number of methoxy groups -OCH3 is 1. The first-order valence-electron chi connectivity index (χ1n) is 11.9. The summed E-state index contributed by atoms with van der Waals surface area (Å²) in [6.45, 7) is 5.02. The zero-order valence-corrected chi connectivity index (χ0v) is 20.6. The van der Waals surface area contributed by atoms with E-state index in [-0.39, 0.29) is 17.9 Å². The van der Waals surface area contributed by atoms with Gasteiger partial charge in [-0.2, -0.15) is 0 Å². The van der Waals surface area contributed by atoms with Crippen LogP contribution < -0.4 is 9.64 Å². The number of benzene rings is 2.